The van der Waals surface area contributed by atoms with Crippen molar-refractivity contribution >= 4 is 29.1 Å². The fourth-order valence-electron chi connectivity index (χ4n) is 3.05. The van der Waals surface area contributed by atoms with E-state index in [0.29, 0.717) is 38.5 Å². The summed E-state index contributed by atoms with van der Waals surface area (Å²) < 4.78 is 0. The summed E-state index contributed by atoms with van der Waals surface area (Å²) >= 11 is 5.45. The maximum absolute atomic E-state index is 13.0. The second kappa shape index (κ2) is 10.3. The zero-order chi connectivity index (χ0) is 19.8. The first-order valence-corrected chi connectivity index (χ1v) is 9.90. The minimum atomic E-state index is -0.539. The second-order valence-electron chi connectivity index (χ2n) is 7.34. The Kier molecular flexibility index (Phi) is 8.03. The van der Waals surface area contributed by atoms with Crippen LogP contribution in [0.1, 0.15) is 26.3 Å². The Morgan fingerprint density at radius 2 is 1.67 bits per heavy atom. The van der Waals surface area contributed by atoms with Gasteiger partial charge in [-0.1, -0.05) is 44.2 Å². The molecule has 2 amide bonds. The van der Waals surface area contributed by atoms with Gasteiger partial charge in [0.1, 0.15) is 6.04 Å². The van der Waals surface area contributed by atoms with Crippen molar-refractivity contribution in [1.29, 1.82) is 0 Å². The third kappa shape index (κ3) is 6.82. The molecule has 27 heavy (non-hydrogen) atoms. The summed E-state index contributed by atoms with van der Waals surface area (Å²) in [6.07, 6.45) is 0.494. The first kappa shape index (κ1) is 21.2. The number of thiocarbonyl (C=S) groups is 1. The van der Waals surface area contributed by atoms with Gasteiger partial charge in [0.05, 0.1) is 0 Å². The van der Waals surface area contributed by atoms with E-state index in [1.165, 1.54) is 6.92 Å². The molecular formula is C20H30N4O2S. The highest BCUT2D eigenvalue weighted by Gasteiger charge is 2.28. The molecule has 0 saturated carbocycles. The lowest BCUT2D eigenvalue weighted by Gasteiger charge is -2.37. The van der Waals surface area contributed by atoms with Crippen LogP contribution in [0.25, 0.3) is 0 Å². The predicted molar refractivity (Wildman–Crippen MR) is 111 cm³/mol. The lowest BCUT2D eigenvalue weighted by Crippen LogP contribution is -2.57. The molecule has 148 valence electrons. The van der Waals surface area contributed by atoms with Crippen LogP contribution in [0.4, 0.5) is 0 Å². The third-order valence-corrected chi connectivity index (χ3v) is 4.90. The molecule has 1 fully saturated rings. The van der Waals surface area contributed by atoms with Crippen molar-refractivity contribution in [2.45, 2.75) is 33.2 Å². The average molecular weight is 391 g/mol. The Bertz CT molecular complexity index is 643. The van der Waals surface area contributed by atoms with Crippen molar-refractivity contribution in [3.8, 4) is 0 Å². The second-order valence-corrected chi connectivity index (χ2v) is 7.72. The number of amides is 2. The van der Waals surface area contributed by atoms with E-state index in [1.54, 1.807) is 0 Å². The van der Waals surface area contributed by atoms with Crippen LogP contribution in [0.5, 0.6) is 0 Å². The summed E-state index contributed by atoms with van der Waals surface area (Å²) in [6, 6.07) is 9.22. The van der Waals surface area contributed by atoms with Crippen LogP contribution in [0, 0.1) is 5.92 Å². The molecule has 0 aromatic heterocycles. The van der Waals surface area contributed by atoms with Crippen LogP contribution in [0.3, 0.4) is 0 Å². The van der Waals surface area contributed by atoms with Crippen LogP contribution in [-0.4, -0.2) is 65.5 Å². The Labute approximate surface area is 167 Å². The topological polar surface area (TPSA) is 64.7 Å². The predicted octanol–water partition coefficient (Wildman–Crippen LogP) is 1.41. The van der Waals surface area contributed by atoms with Crippen molar-refractivity contribution in [2.24, 2.45) is 5.92 Å². The van der Waals surface area contributed by atoms with Crippen molar-refractivity contribution in [2.75, 3.05) is 32.7 Å². The van der Waals surface area contributed by atoms with E-state index in [1.807, 2.05) is 35.2 Å². The number of carbonyl (C=O) groups excluding carboxylic acids is 2. The van der Waals surface area contributed by atoms with E-state index >= 15 is 0 Å². The fourth-order valence-corrected chi connectivity index (χ4v) is 3.31. The van der Waals surface area contributed by atoms with Crippen molar-refractivity contribution in [1.82, 2.24) is 20.4 Å². The number of nitrogens with one attached hydrogen (secondary N) is 2. The summed E-state index contributed by atoms with van der Waals surface area (Å²) in [7, 11) is 0. The van der Waals surface area contributed by atoms with Gasteiger partial charge in [-0.15, -0.1) is 0 Å². The molecule has 0 aliphatic carbocycles. The quantitative estimate of drug-likeness (QED) is 0.719. The molecule has 1 aromatic rings. The molecule has 6 nitrogen and oxygen atoms in total. The molecule has 2 N–H and O–H groups in total. The fraction of sp³-hybridized carbons (Fsp3) is 0.550. The Morgan fingerprint density at radius 1 is 1.07 bits per heavy atom. The zero-order valence-corrected chi connectivity index (χ0v) is 17.2. The first-order chi connectivity index (χ1) is 12.9. The van der Waals surface area contributed by atoms with E-state index in [4.69, 9.17) is 12.2 Å². The molecule has 0 radical (unpaired) electrons. The van der Waals surface area contributed by atoms with Crippen LogP contribution in [0.2, 0.25) is 0 Å². The van der Waals surface area contributed by atoms with E-state index in [2.05, 4.69) is 29.4 Å². The van der Waals surface area contributed by atoms with Crippen molar-refractivity contribution < 1.29 is 9.59 Å². The average Bonchev–Trinajstić information content (AvgIpc) is 2.65. The lowest BCUT2D eigenvalue weighted by molar-refractivity contribution is -0.137. The van der Waals surface area contributed by atoms with E-state index in [-0.39, 0.29) is 11.8 Å². The van der Waals surface area contributed by atoms with Crippen LogP contribution >= 0.6 is 12.2 Å². The summed E-state index contributed by atoms with van der Waals surface area (Å²) in [5, 5.41) is 6.83. The number of nitrogens with zero attached hydrogens (tertiary/aromatic N) is 2. The highest BCUT2D eigenvalue weighted by Crippen LogP contribution is 2.09. The molecular weight excluding hydrogens is 360 g/mol. The molecule has 1 aliphatic heterocycles. The molecule has 0 unspecified atom stereocenters. The van der Waals surface area contributed by atoms with Crippen LogP contribution in [-0.2, 0) is 16.0 Å². The maximum atomic E-state index is 13.0. The minimum absolute atomic E-state index is 0.0326. The molecule has 1 aromatic carbocycles. The largest absolute Gasteiger partial charge is 0.362 e. The number of rotatable bonds is 6. The standard InChI is InChI=1S/C20H30N4O2S/c1-15(2)14-21-20(27)24-11-9-23(10-12-24)19(26)18(22-16(3)25)13-17-7-5-4-6-8-17/h4-8,15,18H,9-14H2,1-3H3,(H,21,27)(H,22,25)/t18-/m1/s1. The number of carbonyl (C=O) groups is 2. The number of hydrogen-bond acceptors (Lipinski definition) is 3. The summed E-state index contributed by atoms with van der Waals surface area (Å²) in [5.74, 6) is 0.305. The van der Waals surface area contributed by atoms with Crippen LogP contribution < -0.4 is 10.6 Å². The number of hydrogen-bond donors (Lipinski definition) is 2. The van der Waals surface area contributed by atoms with Gasteiger partial charge in [-0.3, -0.25) is 9.59 Å². The minimum Gasteiger partial charge on any atom is -0.362 e. The highest BCUT2D eigenvalue weighted by atomic mass is 32.1. The molecule has 1 atom stereocenters. The summed E-state index contributed by atoms with van der Waals surface area (Å²) in [4.78, 5) is 28.5. The van der Waals surface area contributed by atoms with Gasteiger partial charge in [-0.25, -0.2) is 0 Å². The normalized spacial score (nSPS) is 15.4. The number of piperazine rings is 1. The van der Waals surface area contributed by atoms with Gasteiger partial charge in [-0.05, 0) is 23.7 Å². The molecule has 0 bridgehead atoms. The maximum Gasteiger partial charge on any atom is 0.245 e. The summed E-state index contributed by atoms with van der Waals surface area (Å²) in [5.41, 5.74) is 1.03. The third-order valence-electron chi connectivity index (χ3n) is 4.50. The van der Waals surface area contributed by atoms with Crippen molar-refractivity contribution in [3.05, 3.63) is 35.9 Å². The van der Waals surface area contributed by atoms with E-state index < -0.39 is 6.04 Å². The summed E-state index contributed by atoms with van der Waals surface area (Å²) in [6.45, 7) is 9.19. The molecule has 1 heterocycles. The monoisotopic (exact) mass is 390 g/mol. The van der Waals surface area contributed by atoms with Gasteiger partial charge in [0.15, 0.2) is 5.11 Å². The van der Waals surface area contributed by atoms with Gasteiger partial charge in [0.25, 0.3) is 0 Å². The Balaban J connectivity index is 1.92. The van der Waals surface area contributed by atoms with Gasteiger partial charge in [-0.2, -0.15) is 0 Å². The molecule has 0 spiro atoms. The van der Waals surface area contributed by atoms with Crippen molar-refractivity contribution in [3.63, 3.8) is 0 Å². The Morgan fingerprint density at radius 3 is 2.22 bits per heavy atom. The molecule has 7 heteroatoms. The van der Waals surface area contributed by atoms with Gasteiger partial charge >= 0.3 is 0 Å². The lowest BCUT2D eigenvalue weighted by atomic mass is 10.0. The zero-order valence-electron chi connectivity index (χ0n) is 16.4. The van der Waals surface area contributed by atoms with Gasteiger partial charge in [0.2, 0.25) is 11.8 Å². The molecule has 1 saturated heterocycles. The van der Waals surface area contributed by atoms with E-state index in [0.717, 1.165) is 17.2 Å². The van der Waals surface area contributed by atoms with Gasteiger partial charge < -0.3 is 20.4 Å². The first-order valence-electron chi connectivity index (χ1n) is 9.49. The molecule has 1 aliphatic rings. The van der Waals surface area contributed by atoms with E-state index in [9.17, 15) is 9.59 Å². The highest BCUT2D eigenvalue weighted by molar-refractivity contribution is 7.80. The van der Waals surface area contributed by atoms with Crippen LogP contribution in [0.15, 0.2) is 30.3 Å². The smallest absolute Gasteiger partial charge is 0.245 e. The van der Waals surface area contributed by atoms with Gasteiger partial charge in [0, 0.05) is 46.1 Å². The SMILES string of the molecule is CC(=O)N[C@H](Cc1ccccc1)C(=O)N1CCN(C(=S)NCC(C)C)CC1. The number of benzene rings is 1. The Hall–Kier alpha value is -2.15. The molecule has 2 rings (SSSR count).